The van der Waals surface area contributed by atoms with Crippen molar-refractivity contribution in [2.24, 2.45) is 0 Å². The van der Waals surface area contributed by atoms with Crippen LogP contribution in [0.5, 0.6) is 0 Å². The second-order valence-corrected chi connectivity index (χ2v) is 15.1. The minimum absolute atomic E-state index is 0.628. The highest BCUT2D eigenvalue weighted by Gasteiger charge is 2.59. The van der Waals surface area contributed by atoms with Gasteiger partial charge in [0.15, 0.2) is 17.5 Å². The van der Waals surface area contributed by atoms with Crippen LogP contribution in [0.2, 0.25) is 0 Å². The Kier molecular flexibility index (Phi) is 7.94. The zero-order chi connectivity index (χ0) is 38.5. The first-order chi connectivity index (χ1) is 28.8. The van der Waals surface area contributed by atoms with Crippen LogP contribution in [-0.2, 0) is 10.8 Å². The first kappa shape index (κ1) is 33.8. The molecule has 0 aliphatic heterocycles. The quantitative estimate of drug-likeness (QED) is 0.163. The average molecular weight is 740 g/mol. The van der Waals surface area contributed by atoms with Crippen molar-refractivity contribution >= 4 is 11.1 Å². The lowest BCUT2D eigenvalue weighted by Gasteiger charge is -2.37. The summed E-state index contributed by atoms with van der Waals surface area (Å²) < 4.78 is 0. The van der Waals surface area contributed by atoms with Crippen molar-refractivity contribution < 1.29 is 0 Å². The molecule has 0 fully saturated rings. The van der Waals surface area contributed by atoms with Gasteiger partial charge in [0.25, 0.3) is 0 Å². The topological polar surface area (TPSA) is 38.7 Å². The summed E-state index contributed by atoms with van der Waals surface area (Å²) in [6.45, 7) is 0. The van der Waals surface area contributed by atoms with Gasteiger partial charge in [0, 0.05) is 16.7 Å². The molecule has 0 saturated carbocycles. The zero-order valence-corrected chi connectivity index (χ0v) is 31.7. The third-order valence-corrected chi connectivity index (χ3v) is 12.1. The number of nitrogens with zero attached hydrogens (tertiary/aromatic N) is 3. The lowest BCUT2D eigenvalue weighted by atomic mass is 9.64. The lowest BCUT2D eigenvalue weighted by molar-refractivity contribution is 0.800. The first-order valence-electron chi connectivity index (χ1n) is 19.9. The molecule has 2 aliphatic rings. The molecule has 0 bridgehead atoms. The number of benzene rings is 8. The summed E-state index contributed by atoms with van der Waals surface area (Å²) in [5.41, 5.74) is 14.0. The highest BCUT2D eigenvalue weighted by Crippen LogP contribution is 2.69. The predicted octanol–water partition coefficient (Wildman–Crippen LogP) is 12.5. The molecule has 3 heteroatoms. The third kappa shape index (κ3) is 4.96. The Morgan fingerprint density at radius 2 is 0.586 bits per heavy atom. The van der Waals surface area contributed by atoms with Crippen molar-refractivity contribution in [2.75, 3.05) is 0 Å². The van der Waals surface area contributed by atoms with Gasteiger partial charge in [-0.05, 0) is 61.7 Å². The van der Waals surface area contributed by atoms with Gasteiger partial charge in [0.1, 0.15) is 0 Å². The molecule has 0 amide bonds. The summed E-state index contributed by atoms with van der Waals surface area (Å²) in [7, 11) is 0. The van der Waals surface area contributed by atoms with Crippen molar-refractivity contribution in [3.8, 4) is 34.2 Å². The van der Waals surface area contributed by atoms with Crippen LogP contribution in [0.1, 0.15) is 44.5 Å². The Balaban J connectivity index is 1.28. The van der Waals surface area contributed by atoms with Crippen molar-refractivity contribution in [1.82, 2.24) is 15.0 Å². The molecule has 1 heterocycles. The van der Waals surface area contributed by atoms with E-state index in [4.69, 9.17) is 15.0 Å². The van der Waals surface area contributed by atoms with Crippen molar-refractivity contribution in [2.45, 2.75) is 10.8 Å². The van der Waals surface area contributed by atoms with Gasteiger partial charge >= 0.3 is 0 Å². The number of fused-ring (bicyclic) bond motifs is 4. The number of allylic oxidation sites excluding steroid dienone is 2. The molecule has 2 aliphatic carbocycles. The Morgan fingerprint density at radius 3 is 1.02 bits per heavy atom. The molecule has 11 rings (SSSR count). The molecule has 0 unspecified atom stereocenters. The maximum Gasteiger partial charge on any atom is 0.164 e. The zero-order valence-electron chi connectivity index (χ0n) is 31.7. The summed E-state index contributed by atoms with van der Waals surface area (Å²) in [5.74, 6) is 1.92. The summed E-state index contributed by atoms with van der Waals surface area (Å²) in [6, 6.07) is 80.7. The fraction of sp³-hybridized carbons (Fsp3) is 0.0364. The van der Waals surface area contributed by atoms with Crippen LogP contribution >= 0.6 is 0 Å². The van der Waals surface area contributed by atoms with E-state index in [1.807, 2.05) is 36.4 Å². The SMILES string of the molecule is c1ccc(-c2nc(-c3ccccc3)nc(-c3ccc4c(c3)C3=C(c5ccccc5C3(c3ccccc3)c3ccccc3)C4(c3ccccc3)c3ccccc3)n2)cc1. The highest BCUT2D eigenvalue weighted by atomic mass is 15.0. The van der Waals surface area contributed by atoms with Gasteiger partial charge in [0.05, 0.1) is 10.8 Å². The molecule has 3 nitrogen and oxygen atoms in total. The number of hydrogen-bond donors (Lipinski definition) is 0. The number of rotatable bonds is 7. The third-order valence-electron chi connectivity index (χ3n) is 12.1. The van der Waals surface area contributed by atoms with Crippen molar-refractivity contribution in [3.63, 3.8) is 0 Å². The van der Waals surface area contributed by atoms with Crippen molar-refractivity contribution in [3.05, 3.63) is 269 Å². The Labute approximate surface area is 338 Å². The van der Waals surface area contributed by atoms with Crippen LogP contribution in [0.15, 0.2) is 224 Å². The Bertz CT molecular complexity index is 2830. The van der Waals surface area contributed by atoms with Crippen LogP contribution < -0.4 is 0 Å². The molecule has 0 atom stereocenters. The van der Waals surface area contributed by atoms with Gasteiger partial charge in [-0.1, -0.05) is 218 Å². The van der Waals surface area contributed by atoms with Crippen LogP contribution in [-0.4, -0.2) is 15.0 Å². The van der Waals surface area contributed by atoms with Gasteiger partial charge in [-0.3, -0.25) is 0 Å². The minimum atomic E-state index is -0.628. The predicted molar refractivity (Wildman–Crippen MR) is 235 cm³/mol. The van der Waals surface area contributed by atoms with E-state index in [2.05, 4.69) is 188 Å². The fourth-order valence-electron chi connectivity index (χ4n) is 9.79. The minimum Gasteiger partial charge on any atom is -0.208 e. The van der Waals surface area contributed by atoms with E-state index in [0.717, 1.165) is 16.7 Å². The molecular weight excluding hydrogens is 703 g/mol. The fourth-order valence-corrected chi connectivity index (χ4v) is 9.79. The maximum atomic E-state index is 5.22. The van der Waals surface area contributed by atoms with Gasteiger partial charge in [-0.15, -0.1) is 0 Å². The van der Waals surface area contributed by atoms with E-state index in [-0.39, 0.29) is 0 Å². The summed E-state index contributed by atoms with van der Waals surface area (Å²) in [6.07, 6.45) is 0. The summed E-state index contributed by atoms with van der Waals surface area (Å²) in [4.78, 5) is 15.5. The summed E-state index contributed by atoms with van der Waals surface area (Å²) >= 11 is 0. The van der Waals surface area contributed by atoms with Gasteiger partial charge in [-0.25, -0.2) is 15.0 Å². The van der Waals surface area contributed by atoms with E-state index >= 15 is 0 Å². The number of aromatic nitrogens is 3. The van der Waals surface area contributed by atoms with Crippen LogP contribution in [0, 0.1) is 0 Å². The maximum absolute atomic E-state index is 5.22. The Hall–Kier alpha value is -7.49. The molecular formula is C55H37N3. The van der Waals surface area contributed by atoms with Gasteiger partial charge < -0.3 is 0 Å². The van der Waals surface area contributed by atoms with Crippen LogP contribution in [0.3, 0.4) is 0 Å². The number of hydrogen-bond acceptors (Lipinski definition) is 3. The standard InChI is InChI=1S/C55H37N3/c1-7-21-38(22-8-1)51-56-52(39-23-9-2-10-24-39)58-53(57-51)40-35-36-48-46(37-40)50-49(55(48,43-29-15-5-16-30-43)44-31-17-6-18-32-44)45-33-19-20-34-47(45)54(50,41-25-11-3-12-26-41)42-27-13-4-14-28-42/h1-37H. The molecule has 1 aromatic heterocycles. The lowest BCUT2D eigenvalue weighted by Crippen LogP contribution is -2.30. The van der Waals surface area contributed by atoms with E-state index < -0.39 is 10.8 Å². The average Bonchev–Trinajstić information content (AvgIpc) is 3.80. The molecule has 8 aromatic carbocycles. The van der Waals surface area contributed by atoms with Crippen LogP contribution in [0.25, 0.3) is 45.3 Å². The second kappa shape index (κ2) is 13.6. The van der Waals surface area contributed by atoms with E-state index in [0.29, 0.717) is 17.5 Å². The molecule has 0 N–H and O–H groups in total. The monoisotopic (exact) mass is 739 g/mol. The van der Waals surface area contributed by atoms with Gasteiger partial charge in [0.2, 0.25) is 0 Å². The molecule has 0 spiro atoms. The van der Waals surface area contributed by atoms with Crippen LogP contribution in [0.4, 0.5) is 0 Å². The normalized spacial score (nSPS) is 14.4. The highest BCUT2D eigenvalue weighted by molar-refractivity contribution is 6.15. The van der Waals surface area contributed by atoms with E-state index in [9.17, 15) is 0 Å². The molecule has 9 aromatic rings. The van der Waals surface area contributed by atoms with E-state index in [1.54, 1.807) is 0 Å². The Morgan fingerprint density at radius 1 is 0.259 bits per heavy atom. The van der Waals surface area contributed by atoms with Crippen molar-refractivity contribution in [1.29, 1.82) is 0 Å². The first-order valence-corrected chi connectivity index (χ1v) is 19.9. The van der Waals surface area contributed by atoms with Gasteiger partial charge in [-0.2, -0.15) is 0 Å². The molecule has 58 heavy (non-hydrogen) atoms. The smallest absolute Gasteiger partial charge is 0.164 e. The molecule has 0 radical (unpaired) electrons. The largest absolute Gasteiger partial charge is 0.208 e. The molecule has 272 valence electrons. The second-order valence-electron chi connectivity index (χ2n) is 15.1. The van der Waals surface area contributed by atoms with E-state index in [1.165, 1.54) is 55.7 Å². The summed E-state index contributed by atoms with van der Waals surface area (Å²) in [5, 5.41) is 0. The molecule has 0 saturated heterocycles.